The average Bonchev–Trinajstić information content (AvgIpc) is 2.61. The van der Waals surface area contributed by atoms with Crippen molar-refractivity contribution >= 4 is 17.6 Å². The molecule has 0 unspecified atom stereocenters. The molecule has 0 N–H and O–H groups in total. The highest BCUT2D eigenvalue weighted by atomic mass is 32.1. The van der Waals surface area contributed by atoms with Crippen LogP contribution in [0.4, 0.5) is 0 Å². The van der Waals surface area contributed by atoms with Gasteiger partial charge in [-0.15, -0.1) is 11.3 Å². The van der Waals surface area contributed by atoms with Gasteiger partial charge in [-0.25, -0.2) is 4.98 Å². The average molecular weight is 217 g/mol. The maximum Gasteiger partial charge on any atom is 0.161 e. The summed E-state index contributed by atoms with van der Waals surface area (Å²) in [4.78, 5) is 15.8. The van der Waals surface area contributed by atoms with Gasteiger partial charge in [0.2, 0.25) is 0 Å². The summed E-state index contributed by atoms with van der Waals surface area (Å²) in [5, 5.41) is 0.912. The Morgan fingerprint density at radius 3 is 2.40 bits per heavy atom. The van der Waals surface area contributed by atoms with Crippen LogP contribution >= 0.6 is 11.3 Å². The molecule has 3 heteroatoms. The Morgan fingerprint density at radius 1 is 1.20 bits per heavy atom. The molecule has 76 valence electrons. The molecule has 15 heavy (non-hydrogen) atoms. The molecule has 1 heterocycles. The lowest BCUT2D eigenvalue weighted by molar-refractivity contribution is 0.112. The largest absolute Gasteiger partial charge is 0.297 e. The SMILES string of the molecule is Cc1ccc(-c2nc(C)c(C=O)s2)cc1. The molecule has 0 aliphatic rings. The van der Waals surface area contributed by atoms with Gasteiger partial charge in [-0.2, -0.15) is 0 Å². The van der Waals surface area contributed by atoms with Gasteiger partial charge in [-0.3, -0.25) is 4.79 Å². The van der Waals surface area contributed by atoms with E-state index >= 15 is 0 Å². The molecule has 0 aliphatic carbocycles. The first-order valence-corrected chi connectivity index (χ1v) is 5.52. The van der Waals surface area contributed by atoms with Crippen molar-refractivity contribution < 1.29 is 4.79 Å². The molecule has 0 amide bonds. The van der Waals surface area contributed by atoms with Gasteiger partial charge in [-0.05, 0) is 13.8 Å². The van der Waals surface area contributed by atoms with Gasteiger partial charge in [0, 0.05) is 5.56 Å². The highest BCUT2D eigenvalue weighted by Gasteiger charge is 2.07. The van der Waals surface area contributed by atoms with E-state index in [0.29, 0.717) is 4.88 Å². The monoisotopic (exact) mass is 217 g/mol. The van der Waals surface area contributed by atoms with Gasteiger partial charge in [0.05, 0.1) is 10.6 Å². The van der Waals surface area contributed by atoms with Gasteiger partial charge < -0.3 is 0 Å². The van der Waals surface area contributed by atoms with Crippen LogP contribution in [0.2, 0.25) is 0 Å². The molecule has 1 aromatic carbocycles. The topological polar surface area (TPSA) is 30.0 Å². The second-order valence-corrected chi connectivity index (χ2v) is 4.48. The van der Waals surface area contributed by atoms with E-state index in [-0.39, 0.29) is 0 Å². The minimum Gasteiger partial charge on any atom is -0.297 e. The number of hydrogen-bond acceptors (Lipinski definition) is 3. The summed E-state index contributed by atoms with van der Waals surface area (Å²) in [6, 6.07) is 8.16. The minimum absolute atomic E-state index is 0.713. The van der Waals surface area contributed by atoms with Crippen molar-refractivity contribution in [2.24, 2.45) is 0 Å². The molecule has 0 atom stereocenters. The smallest absolute Gasteiger partial charge is 0.161 e. The van der Waals surface area contributed by atoms with Crippen LogP contribution in [0.25, 0.3) is 10.6 Å². The van der Waals surface area contributed by atoms with Crippen LogP contribution in [-0.4, -0.2) is 11.3 Å². The van der Waals surface area contributed by atoms with Crippen molar-refractivity contribution in [2.75, 3.05) is 0 Å². The summed E-state index contributed by atoms with van der Waals surface area (Å²) in [5.41, 5.74) is 3.11. The fourth-order valence-electron chi connectivity index (χ4n) is 1.34. The van der Waals surface area contributed by atoms with E-state index in [1.165, 1.54) is 16.9 Å². The Labute approximate surface area is 92.6 Å². The maximum atomic E-state index is 10.7. The first-order valence-electron chi connectivity index (χ1n) is 4.70. The number of hydrogen-bond donors (Lipinski definition) is 0. The zero-order valence-corrected chi connectivity index (χ0v) is 9.47. The summed E-state index contributed by atoms with van der Waals surface area (Å²) in [6.45, 7) is 3.91. The fourth-order valence-corrected chi connectivity index (χ4v) is 2.22. The van der Waals surface area contributed by atoms with Crippen LogP contribution in [0.1, 0.15) is 20.9 Å². The summed E-state index contributed by atoms with van der Waals surface area (Å²) in [7, 11) is 0. The normalized spacial score (nSPS) is 10.3. The highest BCUT2D eigenvalue weighted by Crippen LogP contribution is 2.26. The Hall–Kier alpha value is -1.48. The van der Waals surface area contributed by atoms with Crippen molar-refractivity contribution in [3.05, 3.63) is 40.4 Å². The van der Waals surface area contributed by atoms with E-state index in [1.807, 2.05) is 38.1 Å². The lowest BCUT2D eigenvalue weighted by atomic mass is 10.2. The minimum atomic E-state index is 0.713. The number of benzene rings is 1. The Kier molecular flexibility index (Phi) is 2.64. The van der Waals surface area contributed by atoms with Crippen LogP contribution in [0.15, 0.2) is 24.3 Å². The van der Waals surface area contributed by atoms with Crippen molar-refractivity contribution in [2.45, 2.75) is 13.8 Å². The second kappa shape index (κ2) is 3.95. The van der Waals surface area contributed by atoms with Crippen LogP contribution in [-0.2, 0) is 0 Å². The van der Waals surface area contributed by atoms with E-state index in [1.54, 1.807) is 0 Å². The molecule has 0 saturated heterocycles. The highest BCUT2D eigenvalue weighted by molar-refractivity contribution is 7.16. The summed E-state index contributed by atoms with van der Waals surface area (Å²) in [6.07, 6.45) is 0.866. The molecular formula is C12H11NOS. The fraction of sp³-hybridized carbons (Fsp3) is 0.167. The number of rotatable bonds is 2. The number of nitrogens with zero attached hydrogens (tertiary/aromatic N) is 1. The lowest BCUT2D eigenvalue weighted by Crippen LogP contribution is -1.79. The molecule has 0 bridgehead atoms. The van der Waals surface area contributed by atoms with Crippen LogP contribution in [0.5, 0.6) is 0 Å². The molecule has 0 saturated carbocycles. The molecule has 2 nitrogen and oxygen atoms in total. The number of aryl methyl sites for hydroxylation is 2. The van der Waals surface area contributed by atoms with E-state index < -0.39 is 0 Å². The van der Waals surface area contributed by atoms with Crippen molar-refractivity contribution in [3.8, 4) is 10.6 Å². The standard InChI is InChI=1S/C12H11NOS/c1-8-3-5-10(6-4-8)12-13-9(2)11(7-14)15-12/h3-7H,1-2H3. The third-order valence-corrected chi connectivity index (χ3v) is 3.37. The lowest BCUT2D eigenvalue weighted by Gasteiger charge is -1.95. The molecule has 0 aliphatic heterocycles. The summed E-state index contributed by atoms with van der Waals surface area (Å²) < 4.78 is 0. The summed E-state index contributed by atoms with van der Waals surface area (Å²) in [5.74, 6) is 0. The molecular weight excluding hydrogens is 206 g/mol. The van der Waals surface area contributed by atoms with Gasteiger partial charge in [-0.1, -0.05) is 29.8 Å². The predicted octanol–water partition coefficient (Wildman–Crippen LogP) is 3.24. The number of carbonyl (C=O) groups is 1. The van der Waals surface area contributed by atoms with Crippen molar-refractivity contribution in [3.63, 3.8) is 0 Å². The van der Waals surface area contributed by atoms with Gasteiger partial charge >= 0.3 is 0 Å². The zero-order chi connectivity index (χ0) is 10.8. The number of aromatic nitrogens is 1. The Balaban J connectivity index is 2.45. The Morgan fingerprint density at radius 2 is 1.87 bits per heavy atom. The quantitative estimate of drug-likeness (QED) is 0.723. The van der Waals surface area contributed by atoms with Gasteiger partial charge in [0.25, 0.3) is 0 Å². The van der Waals surface area contributed by atoms with Crippen LogP contribution < -0.4 is 0 Å². The van der Waals surface area contributed by atoms with Crippen molar-refractivity contribution in [1.82, 2.24) is 4.98 Å². The third-order valence-electron chi connectivity index (χ3n) is 2.24. The first kappa shape index (κ1) is 10.1. The van der Waals surface area contributed by atoms with Crippen LogP contribution in [0, 0.1) is 13.8 Å². The third kappa shape index (κ3) is 1.97. The zero-order valence-electron chi connectivity index (χ0n) is 8.65. The van der Waals surface area contributed by atoms with E-state index in [0.717, 1.165) is 22.6 Å². The van der Waals surface area contributed by atoms with E-state index in [2.05, 4.69) is 4.98 Å². The molecule has 0 fully saturated rings. The molecule has 2 rings (SSSR count). The molecule has 2 aromatic rings. The predicted molar refractivity (Wildman–Crippen MR) is 62.4 cm³/mol. The maximum absolute atomic E-state index is 10.7. The molecule has 0 radical (unpaired) electrons. The van der Waals surface area contributed by atoms with E-state index in [9.17, 15) is 4.79 Å². The summed E-state index contributed by atoms with van der Waals surface area (Å²) >= 11 is 1.44. The number of carbonyl (C=O) groups excluding carboxylic acids is 1. The second-order valence-electron chi connectivity index (χ2n) is 3.45. The Bertz CT molecular complexity index is 485. The van der Waals surface area contributed by atoms with Gasteiger partial charge in [0.1, 0.15) is 5.01 Å². The van der Waals surface area contributed by atoms with Crippen molar-refractivity contribution in [1.29, 1.82) is 0 Å². The number of thiazole rings is 1. The van der Waals surface area contributed by atoms with Gasteiger partial charge in [0.15, 0.2) is 6.29 Å². The number of aldehydes is 1. The van der Waals surface area contributed by atoms with E-state index in [4.69, 9.17) is 0 Å². The van der Waals surface area contributed by atoms with Crippen LogP contribution in [0.3, 0.4) is 0 Å². The molecule has 1 aromatic heterocycles. The first-order chi connectivity index (χ1) is 7.20. The molecule has 0 spiro atoms.